The molecule has 1 amide bonds. The predicted molar refractivity (Wildman–Crippen MR) is 75.1 cm³/mol. The van der Waals surface area contributed by atoms with Crippen LogP contribution < -0.4 is 5.32 Å². The summed E-state index contributed by atoms with van der Waals surface area (Å²) in [7, 11) is 0. The molecule has 1 aliphatic heterocycles. The van der Waals surface area contributed by atoms with Crippen molar-refractivity contribution in [2.75, 3.05) is 32.8 Å². The van der Waals surface area contributed by atoms with Gasteiger partial charge < -0.3 is 20.1 Å². The molecule has 1 rings (SSSR count). The van der Waals surface area contributed by atoms with E-state index in [2.05, 4.69) is 5.32 Å². The molecule has 1 atom stereocenters. The predicted octanol–water partition coefficient (Wildman–Crippen LogP) is 1.61. The van der Waals surface area contributed by atoms with Crippen LogP contribution in [-0.4, -0.2) is 54.5 Å². The van der Waals surface area contributed by atoms with Gasteiger partial charge in [0.1, 0.15) is 5.60 Å². The molecule has 2 N–H and O–H groups in total. The summed E-state index contributed by atoms with van der Waals surface area (Å²) in [4.78, 5) is 13.9. The van der Waals surface area contributed by atoms with Gasteiger partial charge in [0.25, 0.3) is 0 Å². The minimum Gasteiger partial charge on any atom is -0.444 e. The zero-order valence-electron chi connectivity index (χ0n) is 12.4. The Morgan fingerprint density at radius 2 is 2.16 bits per heavy atom. The second-order valence-corrected chi connectivity index (χ2v) is 6.22. The van der Waals surface area contributed by atoms with Crippen molar-refractivity contribution in [1.29, 1.82) is 0 Å². The summed E-state index contributed by atoms with van der Waals surface area (Å²) in [5.41, 5.74) is -0.436. The van der Waals surface area contributed by atoms with Crippen LogP contribution in [0, 0.1) is 5.92 Å². The second-order valence-electron chi connectivity index (χ2n) is 6.22. The fourth-order valence-electron chi connectivity index (χ4n) is 2.27. The van der Waals surface area contributed by atoms with E-state index in [9.17, 15) is 4.79 Å². The van der Waals surface area contributed by atoms with E-state index >= 15 is 0 Å². The molecule has 0 aromatic heterocycles. The van der Waals surface area contributed by atoms with E-state index in [1.54, 1.807) is 0 Å². The molecule has 1 unspecified atom stereocenters. The average Bonchev–Trinajstić information content (AvgIpc) is 2.53. The number of amides is 1. The lowest BCUT2D eigenvalue weighted by Gasteiger charge is -2.28. The zero-order chi connectivity index (χ0) is 14.3. The number of aliphatic hydroxyl groups excluding tert-OH is 1. The molecular weight excluding hydrogens is 244 g/mol. The molecule has 5 heteroatoms. The first-order valence-corrected chi connectivity index (χ1v) is 7.22. The molecule has 0 saturated carbocycles. The van der Waals surface area contributed by atoms with Crippen molar-refractivity contribution in [3.05, 3.63) is 0 Å². The van der Waals surface area contributed by atoms with Crippen LogP contribution >= 0.6 is 0 Å². The third-order valence-electron chi connectivity index (χ3n) is 3.14. The fourth-order valence-corrected chi connectivity index (χ4v) is 2.27. The van der Waals surface area contributed by atoms with Gasteiger partial charge >= 0.3 is 6.09 Å². The third-order valence-corrected chi connectivity index (χ3v) is 3.14. The number of aliphatic hydroxyl groups is 1. The largest absolute Gasteiger partial charge is 0.444 e. The van der Waals surface area contributed by atoms with Crippen LogP contribution in [0.25, 0.3) is 0 Å². The van der Waals surface area contributed by atoms with Crippen molar-refractivity contribution < 1.29 is 14.6 Å². The quantitative estimate of drug-likeness (QED) is 0.763. The van der Waals surface area contributed by atoms with Crippen LogP contribution in [0.3, 0.4) is 0 Å². The topological polar surface area (TPSA) is 61.8 Å². The van der Waals surface area contributed by atoms with Crippen LogP contribution in [0.1, 0.15) is 40.0 Å². The lowest BCUT2D eigenvalue weighted by molar-refractivity contribution is 0.0234. The van der Waals surface area contributed by atoms with Crippen LogP contribution in [-0.2, 0) is 4.74 Å². The summed E-state index contributed by atoms with van der Waals surface area (Å²) in [6.07, 6.45) is 3.10. The van der Waals surface area contributed by atoms with Crippen LogP contribution in [0.2, 0.25) is 0 Å². The normalized spacial score (nSPS) is 21.1. The van der Waals surface area contributed by atoms with E-state index in [1.165, 1.54) is 0 Å². The second kappa shape index (κ2) is 7.70. The third kappa shape index (κ3) is 6.78. The van der Waals surface area contributed by atoms with Gasteiger partial charge in [0.15, 0.2) is 0 Å². The Labute approximate surface area is 116 Å². The summed E-state index contributed by atoms with van der Waals surface area (Å²) in [5.74, 6) is 0.446. The number of likely N-dealkylation sites (tertiary alicyclic amines) is 1. The van der Waals surface area contributed by atoms with Crippen molar-refractivity contribution in [3.8, 4) is 0 Å². The van der Waals surface area contributed by atoms with E-state index in [-0.39, 0.29) is 12.7 Å². The van der Waals surface area contributed by atoms with Crippen molar-refractivity contribution >= 4 is 6.09 Å². The first-order chi connectivity index (χ1) is 8.92. The maximum absolute atomic E-state index is 12.1. The minimum atomic E-state index is -0.436. The Kier molecular flexibility index (Phi) is 6.58. The van der Waals surface area contributed by atoms with Crippen molar-refractivity contribution in [2.45, 2.75) is 45.6 Å². The van der Waals surface area contributed by atoms with Crippen molar-refractivity contribution in [1.82, 2.24) is 10.2 Å². The van der Waals surface area contributed by atoms with Gasteiger partial charge in [-0.15, -0.1) is 0 Å². The molecule has 1 fully saturated rings. The molecule has 1 heterocycles. The number of carbonyl (C=O) groups excluding carboxylic acids is 1. The van der Waals surface area contributed by atoms with E-state index in [0.717, 1.165) is 38.9 Å². The van der Waals surface area contributed by atoms with E-state index in [1.807, 2.05) is 25.7 Å². The summed E-state index contributed by atoms with van der Waals surface area (Å²) < 4.78 is 5.43. The Bertz CT molecular complexity index is 276. The molecule has 19 heavy (non-hydrogen) atoms. The highest BCUT2D eigenvalue weighted by molar-refractivity contribution is 5.68. The van der Waals surface area contributed by atoms with Gasteiger partial charge in [0.05, 0.1) is 6.61 Å². The molecule has 112 valence electrons. The van der Waals surface area contributed by atoms with E-state index < -0.39 is 5.60 Å². The molecule has 0 aromatic carbocycles. The van der Waals surface area contributed by atoms with Gasteiger partial charge in [-0.05, 0) is 46.1 Å². The molecule has 0 spiro atoms. The number of ether oxygens (including phenoxy) is 1. The summed E-state index contributed by atoms with van der Waals surface area (Å²) in [6, 6.07) is 0. The first kappa shape index (κ1) is 16.2. The summed E-state index contributed by atoms with van der Waals surface area (Å²) in [5, 5.41) is 12.0. The lowest BCUT2D eigenvalue weighted by atomic mass is 10.0. The molecule has 5 nitrogen and oxygen atoms in total. The van der Waals surface area contributed by atoms with Gasteiger partial charge in [-0.3, -0.25) is 0 Å². The number of hydrogen-bond donors (Lipinski definition) is 2. The Morgan fingerprint density at radius 1 is 1.42 bits per heavy atom. The molecule has 0 radical (unpaired) electrons. The van der Waals surface area contributed by atoms with E-state index in [4.69, 9.17) is 9.84 Å². The number of nitrogens with one attached hydrogen (secondary N) is 1. The minimum absolute atomic E-state index is 0.155. The summed E-state index contributed by atoms with van der Waals surface area (Å²) in [6.45, 7) is 8.82. The number of rotatable bonds is 4. The maximum atomic E-state index is 12.1. The molecular formula is C14H28N2O3. The van der Waals surface area contributed by atoms with Gasteiger partial charge in [-0.25, -0.2) is 4.79 Å². The first-order valence-electron chi connectivity index (χ1n) is 7.22. The van der Waals surface area contributed by atoms with E-state index in [0.29, 0.717) is 12.5 Å². The maximum Gasteiger partial charge on any atom is 0.410 e. The fraction of sp³-hybridized carbons (Fsp3) is 0.929. The Balaban J connectivity index is 2.46. The number of carbonyl (C=O) groups is 1. The van der Waals surface area contributed by atoms with Gasteiger partial charge in [0, 0.05) is 19.6 Å². The number of hydrogen-bond acceptors (Lipinski definition) is 4. The zero-order valence-corrected chi connectivity index (χ0v) is 12.4. The Morgan fingerprint density at radius 3 is 2.79 bits per heavy atom. The monoisotopic (exact) mass is 272 g/mol. The van der Waals surface area contributed by atoms with Crippen LogP contribution in [0.15, 0.2) is 0 Å². The lowest BCUT2D eigenvalue weighted by Crippen LogP contribution is -2.41. The van der Waals surface area contributed by atoms with Gasteiger partial charge in [-0.2, -0.15) is 0 Å². The highest BCUT2D eigenvalue weighted by Gasteiger charge is 2.26. The standard InChI is InChI=1S/C14H28N2O3/c1-14(2,3)19-13(18)16-8-5-4-6-12(11-16)10-15-7-9-17/h12,15,17H,4-11H2,1-3H3. The molecule has 1 aliphatic rings. The summed E-state index contributed by atoms with van der Waals surface area (Å²) >= 11 is 0. The van der Waals surface area contributed by atoms with Gasteiger partial charge in [-0.1, -0.05) is 6.42 Å². The highest BCUT2D eigenvalue weighted by Crippen LogP contribution is 2.18. The highest BCUT2D eigenvalue weighted by atomic mass is 16.6. The molecule has 0 aromatic rings. The SMILES string of the molecule is CC(C)(C)OC(=O)N1CCCCC(CNCCO)C1. The van der Waals surface area contributed by atoms with Crippen LogP contribution in [0.5, 0.6) is 0 Å². The van der Waals surface area contributed by atoms with Crippen molar-refractivity contribution in [3.63, 3.8) is 0 Å². The Hall–Kier alpha value is -0.810. The van der Waals surface area contributed by atoms with Crippen molar-refractivity contribution in [2.24, 2.45) is 5.92 Å². The van der Waals surface area contributed by atoms with Crippen LogP contribution in [0.4, 0.5) is 4.79 Å². The number of nitrogens with zero attached hydrogens (tertiary/aromatic N) is 1. The average molecular weight is 272 g/mol. The molecule has 1 saturated heterocycles. The molecule has 0 bridgehead atoms. The smallest absolute Gasteiger partial charge is 0.410 e. The van der Waals surface area contributed by atoms with Gasteiger partial charge in [0.2, 0.25) is 0 Å². The molecule has 0 aliphatic carbocycles.